The molecule has 3 aromatic heterocycles. The van der Waals surface area contributed by atoms with Crippen molar-refractivity contribution < 1.29 is 56.0 Å². The number of amides is 3. The number of hydrogen-bond donors (Lipinski definition) is 8. The Labute approximate surface area is 730 Å². The number of carbonyl (C=O) groups excluding carboxylic acids is 3. The number of aromatic nitrogens is 6. The molecule has 27 heteroatoms. The van der Waals surface area contributed by atoms with Crippen LogP contribution in [0.5, 0.6) is 0 Å². The molecule has 0 radical (unpaired) electrons. The summed E-state index contributed by atoms with van der Waals surface area (Å²) in [5.41, 5.74) is 23.2. The number of nitrogens with two attached hydrogens (primary N) is 3. The fourth-order valence-corrected chi connectivity index (χ4v) is 18.6. The number of hydrogen-bond acceptors (Lipinski definition) is 12. The van der Waals surface area contributed by atoms with Crippen molar-refractivity contribution in [3.63, 3.8) is 0 Å². The molecule has 18 rings (SSSR count). The zero-order valence-electron chi connectivity index (χ0n) is 69.6. The molecule has 128 heavy (non-hydrogen) atoms. The molecule has 14 aromatic rings. The predicted molar refractivity (Wildman–Crippen MR) is 487 cm³/mol. The van der Waals surface area contributed by atoms with E-state index >= 15 is 13.2 Å². The maximum Gasteiger partial charge on any atom is 0.335 e. The van der Waals surface area contributed by atoms with Gasteiger partial charge in [0, 0.05) is 40.4 Å². The number of halogens is 6. The lowest BCUT2D eigenvalue weighted by atomic mass is 9.75. The number of fused-ring (bicyclic) bond motifs is 11. The molecule has 0 unspecified atom stereocenters. The minimum Gasteiger partial charge on any atom is -0.390 e. The van der Waals surface area contributed by atoms with Crippen LogP contribution < -0.4 is 50.9 Å². The van der Waals surface area contributed by atoms with Gasteiger partial charge in [-0.2, -0.15) is 0 Å². The third-order valence-corrected chi connectivity index (χ3v) is 24.9. The summed E-state index contributed by atoms with van der Waals surface area (Å²) in [4.78, 5) is 122. The summed E-state index contributed by atoms with van der Waals surface area (Å²) >= 11 is 0. The monoisotopic (exact) mass is 1740 g/mol. The minimum absolute atomic E-state index is 0. The molecule has 3 heterocycles. The molecule has 1 atom stereocenters. The van der Waals surface area contributed by atoms with Gasteiger partial charge in [-0.05, 0) is 298 Å². The first-order valence-corrected chi connectivity index (χ1v) is 40.2. The highest BCUT2D eigenvalue weighted by atomic mass is 19.1. The van der Waals surface area contributed by atoms with Gasteiger partial charge in [-0.3, -0.25) is 33.3 Å². The van der Waals surface area contributed by atoms with Gasteiger partial charge in [-0.1, -0.05) is 113 Å². The van der Waals surface area contributed by atoms with Crippen LogP contribution in [0.15, 0.2) is 192 Å². The molecule has 4 aliphatic carbocycles. The van der Waals surface area contributed by atoms with Gasteiger partial charge >= 0.3 is 17.1 Å². The summed E-state index contributed by atoms with van der Waals surface area (Å²) in [5, 5.41) is 31.8. The summed E-state index contributed by atoms with van der Waals surface area (Å²) in [6, 6.07) is 39.5. The van der Waals surface area contributed by atoms with Crippen molar-refractivity contribution in [1.82, 2.24) is 28.2 Å². The third-order valence-electron chi connectivity index (χ3n) is 24.9. The number of benzene rings is 11. The number of allylic oxidation sites excluding steroid dienone is 2. The molecule has 0 fully saturated rings. The second-order valence-corrected chi connectivity index (χ2v) is 34.0. The highest BCUT2D eigenvalue weighted by molar-refractivity contribution is 6.05. The van der Waals surface area contributed by atoms with Crippen molar-refractivity contribution in [1.29, 1.82) is 0 Å². The van der Waals surface area contributed by atoms with E-state index in [1.165, 1.54) is 49.5 Å². The highest BCUT2D eigenvalue weighted by Crippen LogP contribution is 2.53. The van der Waals surface area contributed by atoms with Crippen molar-refractivity contribution in [2.45, 2.75) is 147 Å². The second-order valence-electron chi connectivity index (χ2n) is 34.0. The van der Waals surface area contributed by atoms with E-state index in [1.54, 1.807) is 148 Å². The average Bonchev–Trinajstić information content (AvgIpc) is 1.47. The smallest absolute Gasteiger partial charge is 0.335 e. The van der Waals surface area contributed by atoms with Crippen LogP contribution in [-0.2, 0) is 37.5 Å². The van der Waals surface area contributed by atoms with Crippen molar-refractivity contribution in [3.8, 4) is 72.7 Å². The maximum atomic E-state index is 16.1. The van der Waals surface area contributed by atoms with Gasteiger partial charge in [0.05, 0.1) is 66.6 Å². The van der Waals surface area contributed by atoms with Gasteiger partial charge < -0.3 is 42.5 Å². The lowest BCUT2D eigenvalue weighted by Gasteiger charge is -2.33. The van der Waals surface area contributed by atoms with Gasteiger partial charge in [0.1, 0.15) is 34.9 Å². The second kappa shape index (κ2) is 33.3. The summed E-state index contributed by atoms with van der Waals surface area (Å²) in [6.07, 6.45) is 2.94. The predicted octanol–water partition coefficient (Wildman–Crippen LogP) is 16.8. The number of primary amides is 3. The summed E-state index contributed by atoms with van der Waals surface area (Å²) in [7, 11) is 1.39. The lowest BCUT2D eigenvalue weighted by Crippen LogP contribution is -2.38. The molecule has 0 spiro atoms. The number of aryl methyl sites for hydroxylation is 2. The van der Waals surface area contributed by atoms with E-state index in [9.17, 15) is 71.6 Å². The molecule has 11 aromatic carbocycles. The van der Waals surface area contributed by atoms with Crippen LogP contribution in [-0.4, -0.2) is 66.9 Å². The Kier molecular flexibility index (Phi) is 23.8. The van der Waals surface area contributed by atoms with Crippen LogP contribution in [0, 0.1) is 68.5 Å². The van der Waals surface area contributed by atoms with Gasteiger partial charge in [-0.15, -0.1) is 0 Å². The first kappa shape index (κ1) is 91.5. The zero-order chi connectivity index (χ0) is 89.9. The standard InChI is InChI=1S/2C33H27F2N3O4.C32H29F2N3O4.3CH4/c1-16-19(7-6-10-26(16)38-31(40)21-8-5-9-24(34)29(21)37(4)32(38)41)28-25(35)15-23(30(36)39)22-14-17-13-18(33(2,3)42)11-12-20(17)27(22)28;1-15-10-23-29(25(35)11-15)37-32(41)38(31(23)40)26-7-5-6-19(16(26)2)28-24(34)14-22(30(36)39)21-13-17-12-18(33(3,4)42)8-9-20(17)27(21)28;1-15-18(6-5-9-25(15)37-30(39)20-7-4-8-23(33)28(20)36-31(37)40)27-24(34)14-22(29(35)38)21-13-16-12-17(32(2,3)41)10-11-19(16)26(21)27;;;/h5-13,15,42H,14H2,1-4H3,(H2,36,39);5-12,14,42H,13H2,1-4H3,(H2,36,39)(H,37,41);4-9,14,17,41H,10-13H2,1-3H3,(H2,35,38)(H,36,40);3*1H4/t;;17-;;;/m..1.../s1. The van der Waals surface area contributed by atoms with Crippen LogP contribution in [0.25, 0.3) is 111 Å². The summed E-state index contributed by atoms with van der Waals surface area (Å²) in [6.45, 7) is 16.9. The zero-order valence-corrected chi connectivity index (χ0v) is 69.6. The number of aromatic amines is 2. The molecule has 658 valence electrons. The Morgan fingerprint density at radius 1 is 0.422 bits per heavy atom. The molecule has 0 saturated carbocycles. The number of rotatable bonds is 12. The van der Waals surface area contributed by atoms with Gasteiger partial charge in [0.2, 0.25) is 17.7 Å². The summed E-state index contributed by atoms with van der Waals surface area (Å²) < 4.78 is 95.5. The molecule has 3 amide bonds. The molecule has 4 aliphatic rings. The average molecular weight is 1740 g/mol. The van der Waals surface area contributed by atoms with Crippen molar-refractivity contribution in [3.05, 3.63) is 344 Å². The topological polar surface area (TPSA) is 344 Å². The molecular formula is C101H95F6N9O12. The Morgan fingerprint density at radius 3 is 1.25 bits per heavy atom. The first-order chi connectivity index (χ1) is 59.0. The maximum absolute atomic E-state index is 16.1. The van der Waals surface area contributed by atoms with Crippen molar-refractivity contribution in [2.75, 3.05) is 0 Å². The molecule has 21 nitrogen and oxygen atoms in total. The van der Waals surface area contributed by atoms with E-state index in [4.69, 9.17) is 17.2 Å². The van der Waals surface area contributed by atoms with E-state index in [1.807, 2.05) is 12.1 Å². The molecule has 11 N–H and O–H groups in total. The highest BCUT2D eigenvalue weighted by Gasteiger charge is 2.40. The molecule has 0 bridgehead atoms. The first-order valence-electron chi connectivity index (χ1n) is 40.2. The number of nitrogens with zero attached hydrogens (tertiary/aromatic N) is 4. The quantitative estimate of drug-likeness (QED) is 0.0529. The fourth-order valence-electron chi connectivity index (χ4n) is 18.6. The number of nitrogens with one attached hydrogen (secondary N) is 2. The van der Waals surface area contributed by atoms with Gasteiger partial charge in [0.15, 0.2) is 0 Å². The Morgan fingerprint density at radius 2 is 0.812 bits per heavy atom. The largest absolute Gasteiger partial charge is 0.390 e. The molecular weight excluding hydrogens is 1650 g/mol. The Balaban J connectivity index is 0.000000162. The van der Waals surface area contributed by atoms with E-state index in [0.29, 0.717) is 133 Å². The third kappa shape index (κ3) is 15.2. The SMILES string of the molecule is C.C.C.Cc1c(-c2c(F)cc(C(N)=O)c3c2-c2ccc(C(C)(C)O)cc2C3)cccc1-n1c(=O)c2cccc(F)c2n(C)c1=O.Cc1c(-c2c(F)cc(C(N)=O)c3c2C2=C(C3)C[C@H](C(C)(C)O)CC2)cccc1-n1c(=O)[nH]c2c(F)cccc2c1=O.Cc1cc(F)c2[nH]c(=O)n(-c3cccc(-c4c(F)cc(C(N)=O)c5c4-c4ccc(C(C)(C)O)cc4C5)c3C)c(=O)c2c1. The van der Waals surface area contributed by atoms with E-state index < -0.39 is 103 Å². The van der Waals surface area contributed by atoms with E-state index in [-0.39, 0.29) is 111 Å². The van der Waals surface area contributed by atoms with E-state index in [2.05, 4.69) is 9.97 Å². The lowest BCUT2D eigenvalue weighted by molar-refractivity contribution is 0.0122. The van der Waals surface area contributed by atoms with Crippen LogP contribution in [0.4, 0.5) is 26.3 Å². The van der Waals surface area contributed by atoms with Crippen LogP contribution >= 0.6 is 0 Å². The molecule has 0 aliphatic heterocycles. The number of para-hydroxylation sites is 2. The normalized spacial score (nSPS) is 13.5. The number of aliphatic hydroxyl groups is 3. The number of carbonyl (C=O) groups is 3. The van der Waals surface area contributed by atoms with Crippen LogP contribution in [0.2, 0.25) is 0 Å². The van der Waals surface area contributed by atoms with Crippen LogP contribution in [0.1, 0.15) is 181 Å². The van der Waals surface area contributed by atoms with Crippen LogP contribution in [0.3, 0.4) is 0 Å². The number of H-pyrrole nitrogens is 2. The van der Waals surface area contributed by atoms with Crippen molar-refractivity contribution >= 4 is 56.0 Å². The van der Waals surface area contributed by atoms with Gasteiger partial charge in [0.25, 0.3) is 16.7 Å². The van der Waals surface area contributed by atoms with Gasteiger partial charge in [-0.25, -0.2) is 54.4 Å². The Bertz CT molecular complexity index is 7590. The Hall–Kier alpha value is -14.2. The minimum atomic E-state index is -1.11. The van der Waals surface area contributed by atoms with E-state index in [0.717, 1.165) is 64.8 Å². The molecule has 0 saturated heterocycles. The fraction of sp³-hybridized carbons (Fsp3) is 0.238. The van der Waals surface area contributed by atoms with Crippen molar-refractivity contribution in [2.24, 2.45) is 30.2 Å². The summed E-state index contributed by atoms with van der Waals surface area (Å²) in [5.74, 6) is -6.40.